The Labute approximate surface area is 151 Å². The molecule has 0 aliphatic rings. The molecule has 26 heavy (non-hydrogen) atoms. The summed E-state index contributed by atoms with van der Waals surface area (Å²) < 4.78 is 1.77. The van der Waals surface area contributed by atoms with Gasteiger partial charge in [-0.15, -0.1) is 0 Å². The summed E-state index contributed by atoms with van der Waals surface area (Å²) in [5.41, 5.74) is 2.90. The second-order valence-electron chi connectivity index (χ2n) is 5.74. The molecular weight excluding hydrogens is 330 g/mol. The Balaban J connectivity index is 1.75. The predicted octanol–water partition coefficient (Wildman–Crippen LogP) is 1.83. The van der Waals surface area contributed by atoms with Crippen molar-refractivity contribution in [2.75, 3.05) is 0 Å². The van der Waals surface area contributed by atoms with E-state index in [9.17, 15) is 9.59 Å². The van der Waals surface area contributed by atoms with E-state index in [4.69, 9.17) is 0 Å². The van der Waals surface area contributed by atoms with E-state index >= 15 is 0 Å². The van der Waals surface area contributed by atoms with Crippen molar-refractivity contribution in [3.05, 3.63) is 78.1 Å². The first kappa shape index (κ1) is 17.3. The number of nitrogens with one attached hydrogen (secondary N) is 2. The Morgan fingerprint density at radius 2 is 1.92 bits per heavy atom. The first-order chi connectivity index (χ1) is 12.6. The van der Waals surface area contributed by atoms with E-state index in [1.807, 2.05) is 30.3 Å². The van der Waals surface area contributed by atoms with Crippen LogP contribution in [0.3, 0.4) is 0 Å². The number of imidazole rings is 1. The van der Waals surface area contributed by atoms with E-state index in [2.05, 4.69) is 20.6 Å². The molecule has 3 rings (SSSR count). The fraction of sp³-hybridized carbons (Fsp3) is 0.158. The average molecular weight is 349 g/mol. The van der Waals surface area contributed by atoms with Crippen LogP contribution in [0.25, 0.3) is 5.69 Å². The number of hydrogen-bond acceptors (Lipinski definition) is 4. The van der Waals surface area contributed by atoms with Crippen LogP contribution in [0.2, 0.25) is 0 Å². The fourth-order valence-corrected chi connectivity index (χ4v) is 2.47. The lowest BCUT2D eigenvalue weighted by Gasteiger charge is -2.10. The summed E-state index contributed by atoms with van der Waals surface area (Å²) in [6.45, 7) is 2.20. The maximum Gasteiger partial charge on any atom is 0.253 e. The van der Waals surface area contributed by atoms with E-state index in [1.54, 1.807) is 35.6 Å². The second kappa shape index (κ2) is 8.06. The summed E-state index contributed by atoms with van der Waals surface area (Å²) in [7, 11) is 0. The molecule has 0 aliphatic carbocycles. The minimum atomic E-state index is -0.179. The number of nitrogens with zero attached hydrogens (tertiary/aromatic N) is 3. The van der Waals surface area contributed by atoms with Gasteiger partial charge in [-0.25, -0.2) is 4.98 Å². The van der Waals surface area contributed by atoms with Crippen molar-refractivity contribution >= 4 is 11.8 Å². The highest BCUT2D eigenvalue weighted by molar-refractivity contribution is 5.97. The number of carbonyl (C=O) groups is 2. The van der Waals surface area contributed by atoms with E-state index in [-0.39, 0.29) is 11.8 Å². The molecule has 0 aliphatic heterocycles. The summed E-state index contributed by atoms with van der Waals surface area (Å²) in [6.07, 6.45) is 6.84. The fourth-order valence-electron chi connectivity index (χ4n) is 2.47. The number of rotatable bonds is 6. The van der Waals surface area contributed by atoms with Crippen molar-refractivity contribution in [2.45, 2.75) is 20.0 Å². The molecule has 3 aromatic rings. The van der Waals surface area contributed by atoms with Crippen molar-refractivity contribution in [3.63, 3.8) is 0 Å². The van der Waals surface area contributed by atoms with Gasteiger partial charge in [-0.3, -0.25) is 14.6 Å². The summed E-state index contributed by atoms with van der Waals surface area (Å²) in [5.74, 6) is -0.295. The van der Waals surface area contributed by atoms with Gasteiger partial charge in [-0.1, -0.05) is 18.2 Å². The van der Waals surface area contributed by atoms with Crippen LogP contribution in [0.15, 0.2) is 61.3 Å². The zero-order valence-electron chi connectivity index (χ0n) is 14.3. The Morgan fingerprint density at radius 1 is 1.08 bits per heavy atom. The number of aromatic nitrogens is 3. The monoisotopic (exact) mass is 349 g/mol. The number of carbonyl (C=O) groups excluding carboxylic acids is 2. The smallest absolute Gasteiger partial charge is 0.253 e. The number of benzene rings is 1. The first-order valence-corrected chi connectivity index (χ1v) is 8.17. The molecule has 0 fully saturated rings. The summed E-state index contributed by atoms with van der Waals surface area (Å²) in [5, 5.41) is 5.61. The van der Waals surface area contributed by atoms with E-state index in [0.29, 0.717) is 24.3 Å². The highest BCUT2D eigenvalue weighted by atomic mass is 16.2. The third-order valence-electron chi connectivity index (χ3n) is 3.76. The number of amides is 2. The Morgan fingerprint density at radius 3 is 2.69 bits per heavy atom. The van der Waals surface area contributed by atoms with Crippen LogP contribution in [0.4, 0.5) is 0 Å². The maximum absolute atomic E-state index is 12.6. The lowest BCUT2D eigenvalue weighted by atomic mass is 10.1. The quantitative estimate of drug-likeness (QED) is 0.711. The van der Waals surface area contributed by atoms with Crippen molar-refractivity contribution in [1.82, 2.24) is 25.2 Å². The Bertz CT molecular complexity index is 905. The van der Waals surface area contributed by atoms with Crippen molar-refractivity contribution < 1.29 is 9.59 Å². The number of para-hydroxylation sites is 1. The molecule has 7 nitrogen and oxygen atoms in total. The summed E-state index contributed by atoms with van der Waals surface area (Å²) in [6, 6.07) is 11.0. The molecule has 2 aromatic heterocycles. The molecule has 0 bridgehead atoms. The van der Waals surface area contributed by atoms with Crippen LogP contribution in [0, 0.1) is 0 Å². The van der Waals surface area contributed by atoms with Crippen LogP contribution >= 0.6 is 0 Å². The average Bonchev–Trinajstić information content (AvgIpc) is 3.14. The van der Waals surface area contributed by atoms with Crippen molar-refractivity contribution in [2.24, 2.45) is 0 Å². The van der Waals surface area contributed by atoms with Crippen LogP contribution < -0.4 is 10.6 Å². The maximum atomic E-state index is 12.6. The van der Waals surface area contributed by atoms with Gasteiger partial charge < -0.3 is 15.2 Å². The van der Waals surface area contributed by atoms with Crippen molar-refractivity contribution in [1.29, 1.82) is 0 Å². The lowest BCUT2D eigenvalue weighted by molar-refractivity contribution is -0.119. The lowest BCUT2D eigenvalue weighted by Crippen LogP contribution is -2.24. The molecule has 0 atom stereocenters. The molecule has 7 heteroatoms. The molecule has 0 radical (unpaired) electrons. The van der Waals surface area contributed by atoms with Crippen LogP contribution in [0.5, 0.6) is 0 Å². The minimum absolute atomic E-state index is 0.116. The zero-order chi connectivity index (χ0) is 18.4. The number of pyridine rings is 1. The second-order valence-corrected chi connectivity index (χ2v) is 5.74. The van der Waals surface area contributed by atoms with E-state index < -0.39 is 0 Å². The molecule has 2 amide bonds. The largest absolute Gasteiger partial charge is 0.351 e. The van der Waals surface area contributed by atoms with Gasteiger partial charge >= 0.3 is 0 Å². The SMILES string of the molecule is CC(=O)NCc1cn(-c2ccccc2C(=O)NCc2cccnc2)cn1. The van der Waals surface area contributed by atoms with Crippen LogP contribution in [0.1, 0.15) is 28.5 Å². The standard InChI is InChI=1S/C19H19N5O2/c1-14(25)21-11-16-12-24(13-23-16)18-7-3-2-6-17(18)19(26)22-10-15-5-4-8-20-9-15/h2-9,12-13H,10-11H2,1H3,(H,21,25)(H,22,26). The van der Waals surface area contributed by atoms with Crippen LogP contribution in [-0.2, 0) is 17.9 Å². The normalized spacial score (nSPS) is 10.3. The van der Waals surface area contributed by atoms with Gasteiger partial charge in [0.25, 0.3) is 5.91 Å². The molecule has 2 heterocycles. The molecule has 132 valence electrons. The zero-order valence-corrected chi connectivity index (χ0v) is 14.3. The summed E-state index contributed by atoms with van der Waals surface area (Å²) in [4.78, 5) is 31.9. The first-order valence-electron chi connectivity index (χ1n) is 8.17. The Kier molecular flexibility index (Phi) is 5.38. The van der Waals surface area contributed by atoms with Gasteiger partial charge in [0.15, 0.2) is 0 Å². The number of hydrogen-bond donors (Lipinski definition) is 2. The highest BCUT2D eigenvalue weighted by Gasteiger charge is 2.13. The van der Waals surface area contributed by atoms with E-state index in [1.165, 1.54) is 6.92 Å². The molecule has 0 spiro atoms. The van der Waals surface area contributed by atoms with Crippen molar-refractivity contribution in [3.8, 4) is 5.69 Å². The van der Waals surface area contributed by atoms with Gasteiger partial charge in [0.05, 0.1) is 29.8 Å². The van der Waals surface area contributed by atoms with Gasteiger partial charge in [-0.05, 0) is 23.8 Å². The minimum Gasteiger partial charge on any atom is -0.351 e. The van der Waals surface area contributed by atoms with Crippen LogP contribution in [-0.4, -0.2) is 26.3 Å². The van der Waals surface area contributed by atoms with Gasteiger partial charge in [0.1, 0.15) is 0 Å². The molecular formula is C19H19N5O2. The predicted molar refractivity (Wildman–Crippen MR) is 96.5 cm³/mol. The molecule has 0 saturated heterocycles. The third-order valence-corrected chi connectivity index (χ3v) is 3.76. The summed E-state index contributed by atoms with van der Waals surface area (Å²) >= 11 is 0. The van der Waals surface area contributed by atoms with Gasteiger partial charge in [0, 0.05) is 32.1 Å². The van der Waals surface area contributed by atoms with Gasteiger partial charge in [-0.2, -0.15) is 0 Å². The Hall–Kier alpha value is -3.48. The third kappa shape index (κ3) is 4.32. The molecule has 0 unspecified atom stereocenters. The van der Waals surface area contributed by atoms with E-state index in [0.717, 1.165) is 11.3 Å². The molecule has 0 saturated carbocycles. The van der Waals surface area contributed by atoms with Gasteiger partial charge in [0.2, 0.25) is 5.91 Å². The molecule has 1 aromatic carbocycles. The molecule has 2 N–H and O–H groups in total. The topological polar surface area (TPSA) is 88.9 Å². The highest BCUT2D eigenvalue weighted by Crippen LogP contribution is 2.15.